The molecule has 3 aliphatic rings. The van der Waals surface area contributed by atoms with Gasteiger partial charge in [-0.25, -0.2) is 0 Å². The molecule has 2 heterocycles. The average Bonchev–Trinajstić information content (AvgIpc) is 2.94. The Bertz CT molecular complexity index is 462. The highest BCUT2D eigenvalue weighted by atomic mass is 35.5. The molecule has 4 rings (SSSR count). The maximum atomic E-state index is 3.58. The Kier molecular flexibility index (Phi) is 4.34. The molecule has 0 saturated carbocycles. The van der Waals surface area contributed by atoms with Crippen molar-refractivity contribution in [2.45, 2.75) is 31.7 Å². The SMILES string of the molecule is Cl.c1ccc2c(c1)CCCC2N1CCC2CNCC2C1. The van der Waals surface area contributed by atoms with Gasteiger partial charge in [0.15, 0.2) is 0 Å². The topological polar surface area (TPSA) is 15.3 Å². The van der Waals surface area contributed by atoms with Crippen molar-refractivity contribution in [1.82, 2.24) is 10.2 Å². The van der Waals surface area contributed by atoms with E-state index in [0.717, 1.165) is 11.8 Å². The largest absolute Gasteiger partial charge is 0.316 e. The third-order valence-corrected chi connectivity index (χ3v) is 5.51. The Morgan fingerprint density at radius 3 is 2.85 bits per heavy atom. The summed E-state index contributed by atoms with van der Waals surface area (Å²) >= 11 is 0. The molecule has 2 aliphatic heterocycles. The molecule has 0 amide bonds. The lowest BCUT2D eigenvalue weighted by Crippen LogP contribution is -2.42. The zero-order valence-electron chi connectivity index (χ0n) is 12.1. The zero-order chi connectivity index (χ0) is 12.7. The number of nitrogens with one attached hydrogen (secondary N) is 1. The molecule has 2 saturated heterocycles. The van der Waals surface area contributed by atoms with Crippen molar-refractivity contribution in [1.29, 1.82) is 0 Å². The van der Waals surface area contributed by atoms with E-state index in [0.29, 0.717) is 6.04 Å². The smallest absolute Gasteiger partial charge is 0.0351 e. The minimum absolute atomic E-state index is 0. The molecule has 2 nitrogen and oxygen atoms in total. The van der Waals surface area contributed by atoms with Gasteiger partial charge in [0.25, 0.3) is 0 Å². The van der Waals surface area contributed by atoms with Crippen molar-refractivity contribution in [3.8, 4) is 0 Å². The number of halogens is 1. The number of likely N-dealkylation sites (tertiary alicyclic amines) is 1. The van der Waals surface area contributed by atoms with E-state index >= 15 is 0 Å². The fraction of sp³-hybridized carbons (Fsp3) is 0.647. The Morgan fingerprint density at radius 2 is 1.90 bits per heavy atom. The van der Waals surface area contributed by atoms with Gasteiger partial charge in [-0.3, -0.25) is 4.90 Å². The molecule has 110 valence electrons. The summed E-state index contributed by atoms with van der Waals surface area (Å²) in [7, 11) is 0. The lowest BCUT2D eigenvalue weighted by atomic mass is 9.83. The van der Waals surface area contributed by atoms with Gasteiger partial charge in [-0.1, -0.05) is 24.3 Å². The molecule has 0 bridgehead atoms. The van der Waals surface area contributed by atoms with Crippen molar-refractivity contribution < 1.29 is 0 Å². The van der Waals surface area contributed by atoms with Gasteiger partial charge in [-0.2, -0.15) is 0 Å². The molecule has 2 fully saturated rings. The Balaban J connectivity index is 0.00000121. The molecule has 0 spiro atoms. The maximum absolute atomic E-state index is 3.58. The number of nitrogens with zero attached hydrogens (tertiary/aromatic N) is 1. The van der Waals surface area contributed by atoms with Crippen LogP contribution in [-0.2, 0) is 6.42 Å². The average molecular weight is 293 g/mol. The normalized spacial score (nSPS) is 33.1. The Hall–Kier alpha value is -0.570. The number of rotatable bonds is 1. The zero-order valence-corrected chi connectivity index (χ0v) is 12.9. The molecular formula is C17H25ClN2. The summed E-state index contributed by atoms with van der Waals surface area (Å²) < 4.78 is 0. The summed E-state index contributed by atoms with van der Waals surface area (Å²) in [5, 5.41) is 3.58. The van der Waals surface area contributed by atoms with Gasteiger partial charge in [-0.05, 0) is 68.3 Å². The Morgan fingerprint density at radius 1 is 1.05 bits per heavy atom. The van der Waals surface area contributed by atoms with E-state index in [2.05, 4.69) is 34.5 Å². The number of hydrogen-bond acceptors (Lipinski definition) is 2. The van der Waals surface area contributed by atoms with E-state index in [1.54, 1.807) is 11.1 Å². The van der Waals surface area contributed by atoms with E-state index in [9.17, 15) is 0 Å². The predicted octanol–water partition coefficient (Wildman–Crippen LogP) is 3.03. The van der Waals surface area contributed by atoms with Crippen LogP contribution >= 0.6 is 12.4 Å². The minimum atomic E-state index is 0. The number of hydrogen-bond donors (Lipinski definition) is 1. The summed E-state index contributed by atoms with van der Waals surface area (Å²) in [5.74, 6) is 1.86. The number of fused-ring (bicyclic) bond motifs is 2. The van der Waals surface area contributed by atoms with Crippen molar-refractivity contribution in [2.75, 3.05) is 26.2 Å². The van der Waals surface area contributed by atoms with Crippen LogP contribution in [0.4, 0.5) is 0 Å². The lowest BCUT2D eigenvalue weighted by Gasteiger charge is -2.42. The molecule has 1 N–H and O–H groups in total. The highest BCUT2D eigenvalue weighted by Crippen LogP contribution is 2.38. The second-order valence-electron chi connectivity index (χ2n) is 6.57. The van der Waals surface area contributed by atoms with Crippen LogP contribution in [0.25, 0.3) is 0 Å². The van der Waals surface area contributed by atoms with Crippen molar-refractivity contribution >= 4 is 12.4 Å². The lowest BCUT2D eigenvalue weighted by molar-refractivity contribution is 0.0938. The summed E-state index contributed by atoms with van der Waals surface area (Å²) in [6.07, 6.45) is 5.41. The van der Waals surface area contributed by atoms with Gasteiger partial charge in [0.2, 0.25) is 0 Å². The van der Waals surface area contributed by atoms with E-state index in [1.165, 1.54) is 51.9 Å². The minimum Gasteiger partial charge on any atom is -0.316 e. The van der Waals surface area contributed by atoms with Crippen LogP contribution in [0, 0.1) is 11.8 Å². The quantitative estimate of drug-likeness (QED) is 0.856. The van der Waals surface area contributed by atoms with Gasteiger partial charge in [0.05, 0.1) is 0 Å². The van der Waals surface area contributed by atoms with Gasteiger partial charge in [-0.15, -0.1) is 12.4 Å². The van der Waals surface area contributed by atoms with Crippen LogP contribution in [0.3, 0.4) is 0 Å². The van der Waals surface area contributed by atoms with E-state index in [-0.39, 0.29) is 12.4 Å². The first-order valence-corrected chi connectivity index (χ1v) is 7.94. The molecular weight excluding hydrogens is 268 g/mol. The highest BCUT2D eigenvalue weighted by Gasteiger charge is 2.36. The molecule has 20 heavy (non-hydrogen) atoms. The molecule has 1 aromatic rings. The molecule has 0 aromatic heterocycles. The first-order chi connectivity index (χ1) is 9.42. The van der Waals surface area contributed by atoms with Gasteiger partial charge in [0, 0.05) is 12.6 Å². The first-order valence-electron chi connectivity index (χ1n) is 7.94. The van der Waals surface area contributed by atoms with Crippen molar-refractivity contribution in [3.63, 3.8) is 0 Å². The molecule has 3 unspecified atom stereocenters. The number of benzene rings is 1. The van der Waals surface area contributed by atoms with Gasteiger partial charge in [0.1, 0.15) is 0 Å². The van der Waals surface area contributed by atoms with Crippen LogP contribution < -0.4 is 5.32 Å². The van der Waals surface area contributed by atoms with Crippen molar-refractivity contribution in [3.05, 3.63) is 35.4 Å². The third-order valence-electron chi connectivity index (χ3n) is 5.51. The summed E-state index contributed by atoms with van der Waals surface area (Å²) in [6.45, 7) is 5.13. The van der Waals surface area contributed by atoms with Crippen LogP contribution in [0.2, 0.25) is 0 Å². The third kappa shape index (κ3) is 2.49. The van der Waals surface area contributed by atoms with E-state index < -0.39 is 0 Å². The van der Waals surface area contributed by atoms with Crippen LogP contribution in [0.15, 0.2) is 24.3 Å². The molecule has 1 aromatic carbocycles. The molecule has 1 aliphatic carbocycles. The standard InChI is InChI=1S/C17H24N2.ClH/c1-2-6-16-13(4-1)5-3-7-17(16)19-9-8-14-10-18-11-15(14)12-19;/h1-2,4,6,14-15,17-18H,3,5,7-12H2;1H. The highest BCUT2D eigenvalue weighted by molar-refractivity contribution is 5.85. The maximum Gasteiger partial charge on any atom is 0.0351 e. The van der Waals surface area contributed by atoms with E-state index in [4.69, 9.17) is 0 Å². The van der Waals surface area contributed by atoms with Crippen LogP contribution in [-0.4, -0.2) is 31.1 Å². The predicted molar refractivity (Wildman–Crippen MR) is 85.4 cm³/mol. The van der Waals surface area contributed by atoms with Gasteiger partial charge >= 0.3 is 0 Å². The van der Waals surface area contributed by atoms with Crippen LogP contribution in [0.5, 0.6) is 0 Å². The molecule has 0 radical (unpaired) electrons. The summed E-state index contributed by atoms with van der Waals surface area (Å²) in [4.78, 5) is 2.78. The van der Waals surface area contributed by atoms with E-state index in [1.807, 2.05) is 0 Å². The summed E-state index contributed by atoms with van der Waals surface area (Å²) in [5.41, 5.74) is 3.23. The number of aryl methyl sites for hydroxylation is 1. The van der Waals surface area contributed by atoms with Gasteiger partial charge < -0.3 is 5.32 Å². The second kappa shape index (κ2) is 6.05. The fourth-order valence-corrected chi connectivity index (χ4v) is 4.45. The molecule has 3 atom stereocenters. The first kappa shape index (κ1) is 14.4. The fourth-order valence-electron chi connectivity index (χ4n) is 4.45. The molecule has 3 heteroatoms. The Labute approximate surface area is 128 Å². The van der Waals surface area contributed by atoms with Crippen LogP contribution in [0.1, 0.15) is 36.4 Å². The number of piperidine rings is 1. The van der Waals surface area contributed by atoms with Crippen molar-refractivity contribution in [2.24, 2.45) is 11.8 Å². The summed E-state index contributed by atoms with van der Waals surface area (Å²) in [6, 6.07) is 9.84. The monoisotopic (exact) mass is 292 g/mol. The second-order valence-corrected chi connectivity index (χ2v) is 6.57.